The zero-order valence-electron chi connectivity index (χ0n) is 13.6. The smallest absolute Gasteiger partial charge is 0.347 e. The normalized spacial score (nSPS) is 14.5. The zero-order chi connectivity index (χ0) is 16.9. The standard InChI is InChI=1S/C17H20N4O3/c1-24-15-6-3-2-5-14(15)19-9-11-20(12-10-19)16(22)13-21-8-4-7-18-17(21)23/h2-8H,9-13H2,1H3. The van der Waals surface area contributed by atoms with Crippen LogP contribution in [0.25, 0.3) is 0 Å². The summed E-state index contributed by atoms with van der Waals surface area (Å²) in [6.07, 6.45) is 3.01. The fourth-order valence-corrected chi connectivity index (χ4v) is 2.84. The minimum absolute atomic E-state index is 0.0291. The summed E-state index contributed by atoms with van der Waals surface area (Å²) < 4.78 is 6.73. The molecule has 0 aliphatic carbocycles. The van der Waals surface area contributed by atoms with Gasteiger partial charge >= 0.3 is 5.69 Å². The molecule has 7 nitrogen and oxygen atoms in total. The molecular weight excluding hydrogens is 308 g/mol. The second-order valence-corrected chi connectivity index (χ2v) is 5.57. The first-order valence-corrected chi connectivity index (χ1v) is 7.86. The average Bonchev–Trinajstić information content (AvgIpc) is 2.63. The summed E-state index contributed by atoms with van der Waals surface area (Å²) in [5.41, 5.74) is 0.633. The van der Waals surface area contributed by atoms with Crippen molar-refractivity contribution in [3.05, 3.63) is 53.2 Å². The van der Waals surface area contributed by atoms with Gasteiger partial charge in [0.25, 0.3) is 0 Å². The molecule has 1 saturated heterocycles. The molecule has 1 fully saturated rings. The number of piperazine rings is 1. The van der Waals surface area contributed by atoms with Gasteiger partial charge in [-0.15, -0.1) is 0 Å². The fraction of sp³-hybridized carbons (Fsp3) is 0.353. The molecule has 1 aromatic carbocycles. The number of hydrogen-bond donors (Lipinski definition) is 0. The molecule has 1 aromatic heterocycles. The van der Waals surface area contributed by atoms with Gasteiger partial charge in [-0.2, -0.15) is 0 Å². The summed E-state index contributed by atoms with van der Waals surface area (Å²) in [5, 5.41) is 0. The molecule has 126 valence electrons. The molecule has 0 unspecified atom stereocenters. The van der Waals surface area contributed by atoms with Gasteiger partial charge in [-0.05, 0) is 18.2 Å². The molecule has 2 aromatic rings. The van der Waals surface area contributed by atoms with E-state index in [-0.39, 0.29) is 12.5 Å². The molecule has 0 saturated carbocycles. The number of ether oxygens (including phenoxy) is 1. The highest BCUT2D eigenvalue weighted by Gasteiger charge is 2.23. The maximum atomic E-state index is 12.4. The van der Waals surface area contributed by atoms with E-state index in [9.17, 15) is 9.59 Å². The van der Waals surface area contributed by atoms with Gasteiger partial charge in [0, 0.05) is 38.6 Å². The third kappa shape index (κ3) is 3.40. The van der Waals surface area contributed by atoms with Crippen molar-refractivity contribution in [1.29, 1.82) is 0 Å². The Balaban J connectivity index is 1.62. The fourth-order valence-electron chi connectivity index (χ4n) is 2.84. The summed E-state index contributed by atoms with van der Waals surface area (Å²) in [6, 6.07) is 9.51. The van der Waals surface area contributed by atoms with Crippen molar-refractivity contribution in [3.8, 4) is 5.75 Å². The van der Waals surface area contributed by atoms with E-state index in [1.807, 2.05) is 24.3 Å². The SMILES string of the molecule is COc1ccccc1N1CCN(C(=O)Cn2cccnc2=O)CC1. The number of benzene rings is 1. The van der Waals surface area contributed by atoms with Crippen molar-refractivity contribution in [1.82, 2.24) is 14.5 Å². The maximum absolute atomic E-state index is 12.4. The molecule has 0 bridgehead atoms. The number of methoxy groups -OCH3 is 1. The Bertz CT molecular complexity index is 766. The summed E-state index contributed by atoms with van der Waals surface area (Å²) in [5.74, 6) is 0.768. The van der Waals surface area contributed by atoms with Gasteiger partial charge in [-0.25, -0.2) is 9.78 Å². The Morgan fingerprint density at radius 3 is 2.62 bits per heavy atom. The van der Waals surface area contributed by atoms with Crippen molar-refractivity contribution in [3.63, 3.8) is 0 Å². The van der Waals surface area contributed by atoms with Crippen LogP contribution in [0.3, 0.4) is 0 Å². The summed E-state index contributed by atoms with van der Waals surface area (Å²) in [4.78, 5) is 31.6. The van der Waals surface area contributed by atoms with Crippen LogP contribution in [-0.2, 0) is 11.3 Å². The number of aromatic nitrogens is 2. The van der Waals surface area contributed by atoms with Crippen molar-refractivity contribution >= 4 is 11.6 Å². The molecule has 3 rings (SSSR count). The van der Waals surface area contributed by atoms with Gasteiger partial charge in [0.05, 0.1) is 12.8 Å². The van der Waals surface area contributed by atoms with Crippen molar-refractivity contribution in [2.45, 2.75) is 6.54 Å². The zero-order valence-corrected chi connectivity index (χ0v) is 13.6. The van der Waals surface area contributed by atoms with Crippen LogP contribution in [0.4, 0.5) is 5.69 Å². The van der Waals surface area contributed by atoms with Crippen LogP contribution in [0, 0.1) is 0 Å². The maximum Gasteiger partial charge on any atom is 0.347 e. The Morgan fingerprint density at radius 2 is 1.92 bits per heavy atom. The van der Waals surface area contributed by atoms with Crippen LogP contribution < -0.4 is 15.3 Å². The van der Waals surface area contributed by atoms with Gasteiger partial charge in [0.1, 0.15) is 12.3 Å². The first-order valence-electron chi connectivity index (χ1n) is 7.86. The van der Waals surface area contributed by atoms with Crippen LogP contribution >= 0.6 is 0 Å². The molecule has 1 aliphatic rings. The van der Waals surface area contributed by atoms with Gasteiger partial charge < -0.3 is 14.5 Å². The predicted octanol–water partition coefficient (Wildman–Crippen LogP) is 0.601. The third-order valence-corrected chi connectivity index (χ3v) is 4.15. The number of nitrogens with zero attached hydrogens (tertiary/aromatic N) is 4. The van der Waals surface area contributed by atoms with E-state index in [0.717, 1.165) is 24.5 Å². The molecule has 1 amide bonds. The summed E-state index contributed by atoms with van der Waals surface area (Å²) in [6.45, 7) is 2.72. The first kappa shape index (κ1) is 16.0. The summed E-state index contributed by atoms with van der Waals surface area (Å²) >= 11 is 0. The molecule has 1 aliphatic heterocycles. The largest absolute Gasteiger partial charge is 0.495 e. The third-order valence-electron chi connectivity index (χ3n) is 4.15. The predicted molar refractivity (Wildman–Crippen MR) is 90.3 cm³/mol. The van der Waals surface area contributed by atoms with Crippen molar-refractivity contribution in [2.24, 2.45) is 0 Å². The summed E-state index contributed by atoms with van der Waals surface area (Å²) in [7, 11) is 1.66. The van der Waals surface area contributed by atoms with Crippen LogP contribution in [0.5, 0.6) is 5.75 Å². The second-order valence-electron chi connectivity index (χ2n) is 5.57. The Labute approximate surface area is 140 Å². The number of rotatable bonds is 4. The lowest BCUT2D eigenvalue weighted by atomic mass is 10.2. The molecule has 2 heterocycles. The van der Waals surface area contributed by atoms with E-state index in [4.69, 9.17) is 4.74 Å². The molecule has 0 radical (unpaired) electrons. The van der Waals surface area contributed by atoms with E-state index in [2.05, 4.69) is 9.88 Å². The average molecular weight is 328 g/mol. The lowest BCUT2D eigenvalue weighted by Crippen LogP contribution is -2.50. The Morgan fingerprint density at radius 1 is 1.17 bits per heavy atom. The highest BCUT2D eigenvalue weighted by Crippen LogP contribution is 2.28. The molecule has 0 atom stereocenters. The molecule has 24 heavy (non-hydrogen) atoms. The Hall–Kier alpha value is -2.83. The van der Waals surface area contributed by atoms with E-state index in [1.165, 1.54) is 10.8 Å². The molecule has 7 heteroatoms. The van der Waals surface area contributed by atoms with Gasteiger partial charge in [0.15, 0.2) is 0 Å². The number of anilines is 1. The van der Waals surface area contributed by atoms with Crippen LogP contribution in [0.15, 0.2) is 47.5 Å². The van der Waals surface area contributed by atoms with E-state index >= 15 is 0 Å². The van der Waals surface area contributed by atoms with E-state index in [0.29, 0.717) is 13.1 Å². The molecule has 0 N–H and O–H groups in total. The minimum atomic E-state index is -0.404. The van der Waals surface area contributed by atoms with E-state index < -0.39 is 5.69 Å². The second kappa shape index (κ2) is 7.16. The number of para-hydroxylation sites is 2. The Kier molecular flexibility index (Phi) is 4.79. The lowest BCUT2D eigenvalue weighted by Gasteiger charge is -2.36. The van der Waals surface area contributed by atoms with Gasteiger partial charge in [-0.1, -0.05) is 12.1 Å². The van der Waals surface area contributed by atoms with Crippen molar-refractivity contribution in [2.75, 3.05) is 38.2 Å². The van der Waals surface area contributed by atoms with Gasteiger partial charge in [0.2, 0.25) is 5.91 Å². The number of amides is 1. The topological polar surface area (TPSA) is 67.7 Å². The highest BCUT2D eigenvalue weighted by atomic mass is 16.5. The van der Waals surface area contributed by atoms with Crippen LogP contribution in [0.1, 0.15) is 0 Å². The van der Waals surface area contributed by atoms with Gasteiger partial charge in [-0.3, -0.25) is 9.36 Å². The number of carbonyl (C=O) groups is 1. The monoisotopic (exact) mass is 328 g/mol. The number of hydrogen-bond acceptors (Lipinski definition) is 5. The van der Waals surface area contributed by atoms with E-state index in [1.54, 1.807) is 24.3 Å². The lowest BCUT2D eigenvalue weighted by molar-refractivity contribution is -0.132. The number of carbonyl (C=O) groups excluding carboxylic acids is 1. The van der Waals surface area contributed by atoms with Crippen LogP contribution in [-0.4, -0.2) is 53.6 Å². The molecule has 0 spiro atoms. The minimum Gasteiger partial charge on any atom is -0.495 e. The highest BCUT2D eigenvalue weighted by molar-refractivity contribution is 5.76. The quantitative estimate of drug-likeness (QED) is 0.822. The van der Waals surface area contributed by atoms with Crippen LogP contribution in [0.2, 0.25) is 0 Å². The first-order chi connectivity index (χ1) is 11.7. The van der Waals surface area contributed by atoms with Crippen molar-refractivity contribution < 1.29 is 9.53 Å². The molecular formula is C17H20N4O3.